The molecule has 1 aromatic rings. The van der Waals surface area contributed by atoms with Gasteiger partial charge in [-0.05, 0) is 22.0 Å². The van der Waals surface area contributed by atoms with E-state index < -0.39 is 0 Å². The number of hydrogen-bond donors (Lipinski definition) is 2. The summed E-state index contributed by atoms with van der Waals surface area (Å²) < 4.78 is 5.74. The van der Waals surface area contributed by atoms with Gasteiger partial charge < -0.3 is 14.7 Å². The lowest BCUT2D eigenvalue weighted by molar-refractivity contribution is 0.140. The molecular formula is C9H12BrNO3. The third-order valence-electron chi connectivity index (χ3n) is 1.86. The molecule has 5 heteroatoms. The van der Waals surface area contributed by atoms with Gasteiger partial charge in [-0.25, -0.2) is 5.90 Å². The van der Waals surface area contributed by atoms with Crippen LogP contribution in [0.1, 0.15) is 5.56 Å². The van der Waals surface area contributed by atoms with Crippen LogP contribution in [0.4, 0.5) is 0 Å². The lowest BCUT2D eigenvalue weighted by Crippen LogP contribution is -2.04. The van der Waals surface area contributed by atoms with Crippen molar-refractivity contribution in [2.24, 2.45) is 5.90 Å². The molecule has 0 amide bonds. The molecule has 0 heterocycles. The highest BCUT2D eigenvalue weighted by Gasteiger charge is 2.11. The fourth-order valence-electron chi connectivity index (χ4n) is 1.15. The molecule has 0 fully saturated rings. The maximum absolute atomic E-state index is 9.74. The smallest absolute Gasteiger partial charge is 0.174 e. The number of aromatic hydroxyl groups is 1. The fraction of sp³-hybridized carbons (Fsp3) is 0.333. The van der Waals surface area contributed by atoms with Crippen LogP contribution in [-0.4, -0.2) is 18.8 Å². The van der Waals surface area contributed by atoms with Crippen LogP contribution in [0.5, 0.6) is 11.5 Å². The first-order valence-electron chi connectivity index (χ1n) is 4.06. The molecule has 1 aromatic carbocycles. The van der Waals surface area contributed by atoms with Gasteiger partial charge in [0.2, 0.25) is 0 Å². The zero-order chi connectivity index (χ0) is 10.6. The first-order valence-corrected chi connectivity index (χ1v) is 4.86. The van der Waals surface area contributed by atoms with Crippen LogP contribution in [-0.2, 0) is 11.3 Å². The molecule has 3 N–H and O–H groups in total. The first-order chi connectivity index (χ1) is 6.70. The molecule has 0 aliphatic carbocycles. The molecule has 0 atom stereocenters. The average Bonchev–Trinajstić information content (AvgIpc) is 2.18. The van der Waals surface area contributed by atoms with Gasteiger partial charge in [0.25, 0.3) is 0 Å². The Balaban J connectivity index is 2.96. The summed E-state index contributed by atoms with van der Waals surface area (Å²) in [5.41, 5.74) is 0.746. The summed E-state index contributed by atoms with van der Waals surface area (Å²) in [6.45, 7) is 0.359. The zero-order valence-corrected chi connectivity index (χ0v) is 9.37. The molecular weight excluding hydrogens is 250 g/mol. The molecule has 0 aliphatic rings. The lowest BCUT2D eigenvalue weighted by atomic mass is 10.1. The number of halogens is 1. The van der Waals surface area contributed by atoms with E-state index in [1.807, 2.05) is 6.07 Å². The van der Waals surface area contributed by atoms with E-state index in [-0.39, 0.29) is 5.75 Å². The Labute approximate surface area is 90.7 Å². The zero-order valence-electron chi connectivity index (χ0n) is 7.79. The van der Waals surface area contributed by atoms with Crippen LogP contribution < -0.4 is 10.6 Å². The second-order valence-electron chi connectivity index (χ2n) is 2.71. The molecule has 0 bridgehead atoms. The van der Waals surface area contributed by atoms with Gasteiger partial charge in [-0.1, -0.05) is 6.07 Å². The molecule has 4 nitrogen and oxygen atoms in total. The summed E-state index contributed by atoms with van der Waals surface area (Å²) in [6.07, 6.45) is 0.548. The maximum atomic E-state index is 9.74. The van der Waals surface area contributed by atoms with Crippen molar-refractivity contribution in [3.05, 3.63) is 22.2 Å². The summed E-state index contributed by atoms with van der Waals surface area (Å²) >= 11 is 3.27. The van der Waals surface area contributed by atoms with E-state index in [9.17, 15) is 5.11 Å². The second kappa shape index (κ2) is 5.19. The van der Waals surface area contributed by atoms with Gasteiger partial charge >= 0.3 is 0 Å². The van der Waals surface area contributed by atoms with Crippen LogP contribution in [0, 0.1) is 0 Å². The number of phenols is 1. The number of hydrogen-bond acceptors (Lipinski definition) is 4. The summed E-state index contributed by atoms with van der Waals surface area (Å²) in [5.74, 6) is 5.46. The number of ether oxygens (including phenoxy) is 1. The Hall–Kier alpha value is -0.780. The predicted molar refractivity (Wildman–Crippen MR) is 56.2 cm³/mol. The normalized spacial score (nSPS) is 10.2. The van der Waals surface area contributed by atoms with Crippen molar-refractivity contribution in [2.75, 3.05) is 13.7 Å². The van der Waals surface area contributed by atoms with E-state index in [1.54, 1.807) is 6.07 Å². The van der Waals surface area contributed by atoms with Gasteiger partial charge in [0, 0.05) is 12.0 Å². The van der Waals surface area contributed by atoms with Crippen molar-refractivity contribution in [1.82, 2.24) is 0 Å². The number of phenolic OH excluding ortho intramolecular Hbond substituents is 1. The highest BCUT2D eigenvalue weighted by molar-refractivity contribution is 9.10. The predicted octanol–water partition coefficient (Wildman–Crippen LogP) is 1.60. The first kappa shape index (κ1) is 11.3. The molecule has 0 saturated carbocycles. The molecule has 78 valence electrons. The van der Waals surface area contributed by atoms with E-state index in [0.29, 0.717) is 18.8 Å². The minimum atomic E-state index is 0.124. The highest BCUT2D eigenvalue weighted by atomic mass is 79.9. The van der Waals surface area contributed by atoms with Gasteiger partial charge in [0.15, 0.2) is 11.5 Å². The summed E-state index contributed by atoms with van der Waals surface area (Å²) in [6, 6.07) is 3.60. The van der Waals surface area contributed by atoms with E-state index in [0.717, 1.165) is 10.0 Å². The van der Waals surface area contributed by atoms with Gasteiger partial charge in [0.1, 0.15) is 0 Å². The number of rotatable bonds is 4. The Morgan fingerprint density at radius 3 is 2.79 bits per heavy atom. The standard InChI is InChI=1S/C9H12BrNO3/c1-13-9-7(10)3-2-6(8(9)12)4-5-14-11/h2-3,12H,4-5,11H2,1H3. The number of methoxy groups -OCH3 is 1. The second-order valence-corrected chi connectivity index (χ2v) is 3.56. The van der Waals surface area contributed by atoms with Crippen molar-refractivity contribution in [2.45, 2.75) is 6.42 Å². The Bertz CT molecular complexity index is 317. The highest BCUT2D eigenvalue weighted by Crippen LogP contribution is 2.37. The fourth-order valence-corrected chi connectivity index (χ4v) is 1.63. The van der Waals surface area contributed by atoms with Crippen molar-refractivity contribution in [3.8, 4) is 11.5 Å². The Morgan fingerprint density at radius 1 is 1.50 bits per heavy atom. The third-order valence-corrected chi connectivity index (χ3v) is 2.48. The quantitative estimate of drug-likeness (QED) is 0.809. The van der Waals surface area contributed by atoms with E-state index >= 15 is 0 Å². The molecule has 0 spiro atoms. The monoisotopic (exact) mass is 261 g/mol. The van der Waals surface area contributed by atoms with Gasteiger partial charge in [-0.15, -0.1) is 0 Å². The van der Waals surface area contributed by atoms with Crippen molar-refractivity contribution < 1.29 is 14.7 Å². The molecule has 0 aromatic heterocycles. The average molecular weight is 262 g/mol. The minimum absolute atomic E-state index is 0.124. The Kier molecular flexibility index (Phi) is 4.19. The van der Waals surface area contributed by atoms with Crippen LogP contribution in [0.3, 0.4) is 0 Å². The largest absolute Gasteiger partial charge is 0.504 e. The number of nitrogens with two attached hydrogens (primary N) is 1. The molecule has 0 aliphatic heterocycles. The van der Waals surface area contributed by atoms with Crippen molar-refractivity contribution >= 4 is 15.9 Å². The van der Waals surface area contributed by atoms with Gasteiger partial charge in [0.05, 0.1) is 18.2 Å². The van der Waals surface area contributed by atoms with Crippen molar-refractivity contribution in [3.63, 3.8) is 0 Å². The van der Waals surface area contributed by atoms with Crippen LogP contribution in [0.25, 0.3) is 0 Å². The van der Waals surface area contributed by atoms with E-state index in [1.165, 1.54) is 7.11 Å². The molecule has 1 rings (SSSR count). The summed E-state index contributed by atoms with van der Waals surface area (Å²) in [5, 5.41) is 9.74. The number of benzene rings is 1. The molecule has 0 unspecified atom stereocenters. The summed E-state index contributed by atoms with van der Waals surface area (Å²) in [7, 11) is 1.50. The lowest BCUT2D eigenvalue weighted by Gasteiger charge is -2.09. The molecule has 0 radical (unpaired) electrons. The maximum Gasteiger partial charge on any atom is 0.174 e. The topological polar surface area (TPSA) is 64.7 Å². The van der Waals surface area contributed by atoms with Crippen LogP contribution in [0.2, 0.25) is 0 Å². The third kappa shape index (κ3) is 2.37. The van der Waals surface area contributed by atoms with Crippen LogP contribution in [0.15, 0.2) is 16.6 Å². The van der Waals surface area contributed by atoms with Crippen LogP contribution >= 0.6 is 15.9 Å². The summed E-state index contributed by atoms with van der Waals surface area (Å²) in [4.78, 5) is 4.44. The van der Waals surface area contributed by atoms with Crippen molar-refractivity contribution in [1.29, 1.82) is 0 Å². The molecule has 0 saturated heterocycles. The molecule has 14 heavy (non-hydrogen) atoms. The van der Waals surface area contributed by atoms with Gasteiger partial charge in [-0.3, -0.25) is 0 Å². The Morgan fingerprint density at radius 2 is 2.21 bits per heavy atom. The van der Waals surface area contributed by atoms with Gasteiger partial charge in [-0.2, -0.15) is 0 Å². The van der Waals surface area contributed by atoms with E-state index in [4.69, 9.17) is 10.6 Å². The SMILES string of the molecule is COc1c(Br)ccc(CCON)c1O. The minimum Gasteiger partial charge on any atom is -0.504 e. The van der Waals surface area contributed by atoms with E-state index in [2.05, 4.69) is 20.8 Å².